The van der Waals surface area contributed by atoms with E-state index in [4.69, 9.17) is 0 Å². The average molecular weight is 348 g/mol. The van der Waals surface area contributed by atoms with Gasteiger partial charge in [0.1, 0.15) is 17.0 Å². The lowest BCUT2D eigenvalue weighted by Crippen LogP contribution is -1.93. The van der Waals surface area contributed by atoms with E-state index in [1.54, 1.807) is 18.2 Å². The molecule has 24 heavy (non-hydrogen) atoms. The van der Waals surface area contributed by atoms with E-state index in [0.29, 0.717) is 10.9 Å². The molecule has 0 aliphatic heterocycles. The Morgan fingerprint density at radius 3 is 1.75 bits per heavy atom. The van der Waals surface area contributed by atoms with Gasteiger partial charge in [-0.1, -0.05) is 43.0 Å². The van der Waals surface area contributed by atoms with Crippen LogP contribution >= 0.6 is 0 Å². The van der Waals surface area contributed by atoms with Crippen molar-refractivity contribution in [2.75, 3.05) is 0 Å². The standard InChI is InChI=1S/C10H7FO3S.C8H7F/c11-9-4-1-8(2-5-9)3-6-10(12)7-15(13)14;1-2-7-3-5-8(9)6-4-7/h1-7H;2-6H,1H2. The summed E-state index contributed by atoms with van der Waals surface area (Å²) in [6.07, 6.45) is 4.19. The zero-order valence-corrected chi connectivity index (χ0v) is 13.3. The van der Waals surface area contributed by atoms with Gasteiger partial charge in [-0.2, -0.15) is 8.42 Å². The van der Waals surface area contributed by atoms with Crippen molar-refractivity contribution < 1.29 is 22.0 Å². The molecule has 0 aliphatic rings. The highest BCUT2D eigenvalue weighted by molar-refractivity contribution is 7.73. The van der Waals surface area contributed by atoms with Gasteiger partial charge in [-0.25, -0.2) is 8.78 Å². The fraction of sp³-hybridized carbons (Fsp3) is 0. The van der Waals surface area contributed by atoms with Crippen molar-refractivity contribution >= 4 is 33.6 Å². The van der Waals surface area contributed by atoms with E-state index in [1.807, 2.05) is 0 Å². The fourth-order valence-electron chi connectivity index (χ4n) is 1.49. The predicted molar refractivity (Wildman–Crippen MR) is 91.9 cm³/mol. The van der Waals surface area contributed by atoms with Crippen molar-refractivity contribution in [2.24, 2.45) is 0 Å². The van der Waals surface area contributed by atoms with Crippen LogP contribution in [0, 0.1) is 11.6 Å². The summed E-state index contributed by atoms with van der Waals surface area (Å²) in [5, 5.41) is 0.556. The molecule has 0 N–H and O–H groups in total. The van der Waals surface area contributed by atoms with Crippen molar-refractivity contribution in [3.05, 3.63) is 83.9 Å². The number of carbonyl (C=O) groups is 1. The summed E-state index contributed by atoms with van der Waals surface area (Å²) in [5.74, 6) is -1.21. The number of rotatable bonds is 4. The molecule has 0 saturated carbocycles. The van der Waals surface area contributed by atoms with Crippen LogP contribution in [0.5, 0.6) is 0 Å². The van der Waals surface area contributed by atoms with Gasteiger partial charge in [-0.05, 0) is 41.5 Å². The van der Waals surface area contributed by atoms with E-state index < -0.39 is 16.1 Å². The summed E-state index contributed by atoms with van der Waals surface area (Å²) >= 11 is 0. The molecule has 2 rings (SSSR count). The minimum atomic E-state index is -2.49. The van der Waals surface area contributed by atoms with Crippen LogP contribution in [0.15, 0.2) is 61.2 Å². The first-order valence-electron chi connectivity index (χ1n) is 6.69. The van der Waals surface area contributed by atoms with Crippen molar-refractivity contribution in [3.8, 4) is 0 Å². The number of hydrogen-bond donors (Lipinski definition) is 0. The largest absolute Gasteiger partial charge is 0.289 e. The SMILES string of the molecule is C=Cc1ccc(F)cc1.O=C(C=Cc1ccc(F)cc1)C=S(=O)=O. The maximum atomic E-state index is 12.5. The number of hydrogen-bond acceptors (Lipinski definition) is 3. The Hall–Kier alpha value is -2.86. The van der Waals surface area contributed by atoms with Crippen LogP contribution in [0.3, 0.4) is 0 Å². The number of ketones is 1. The molecule has 0 spiro atoms. The van der Waals surface area contributed by atoms with Gasteiger partial charge in [0.25, 0.3) is 0 Å². The minimum absolute atomic E-state index is 0.208. The van der Waals surface area contributed by atoms with Gasteiger partial charge >= 0.3 is 0 Å². The number of allylic oxidation sites excluding steroid dienone is 1. The quantitative estimate of drug-likeness (QED) is 0.627. The molecule has 124 valence electrons. The van der Waals surface area contributed by atoms with Crippen LogP contribution in [-0.2, 0) is 15.1 Å². The van der Waals surface area contributed by atoms with Crippen LogP contribution < -0.4 is 0 Å². The van der Waals surface area contributed by atoms with Gasteiger partial charge in [0, 0.05) is 0 Å². The Kier molecular flexibility index (Phi) is 8.01. The van der Waals surface area contributed by atoms with Crippen LogP contribution in [-0.4, -0.2) is 19.6 Å². The molecule has 0 atom stereocenters. The summed E-state index contributed by atoms with van der Waals surface area (Å²) in [6, 6.07) is 11.7. The molecule has 0 radical (unpaired) electrons. The van der Waals surface area contributed by atoms with E-state index in [0.717, 1.165) is 11.6 Å². The van der Waals surface area contributed by atoms with Crippen molar-refractivity contribution in [1.29, 1.82) is 0 Å². The molecule has 0 fully saturated rings. The third-order valence-electron chi connectivity index (χ3n) is 2.63. The molecule has 0 unspecified atom stereocenters. The van der Waals surface area contributed by atoms with E-state index in [1.165, 1.54) is 42.5 Å². The van der Waals surface area contributed by atoms with E-state index >= 15 is 0 Å². The first-order chi connectivity index (χ1) is 11.4. The maximum absolute atomic E-state index is 12.5. The summed E-state index contributed by atoms with van der Waals surface area (Å²) in [4.78, 5) is 10.9. The Labute approximate surface area is 140 Å². The lowest BCUT2D eigenvalue weighted by molar-refractivity contribution is -0.108. The van der Waals surface area contributed by atoms with Gasteiger partial charge in [0.2, 0.25) is 10.3 Å². The normalized spacial score (nSPS) is 9.75. The van der Waals surface area contributed by atoms with Crippen LogP contribution in [0.1, 0.15) is 11.1 Å². The third kappa shape index (κ3) is 7.95. The summed E-state index contributed by atoms with van der Waals surface area (Å²) in [6.45, 7) is 3.54. The second-order valence-electron chi connectivity index (χ2n) is 4.42. The first-order valence-corrected chi connectivity index (χ1v) is 7.83. The summed E-state index contributed by atoms with van der Waals surface area (Å²) < 4.78 is 44.9. The molecule has 6 heteroatoms. The van der Waals surface area contributed by atoms with Crippen molar-refractivity contribution in [3.63, 3.8) is 0 Å². The molecule has 0 saturated heterocycles. The lowest BCUT2D eigenvalue weighted by Gasteiger charge is -1.90. The second kappa shape index (κ2) is 10.0. The van der Waals surface area contributed by atoms with Crippen LogP contribution in [0.2, 0.25) is 0 Å². The average Bonchev–Trinajstić information content (AvgIpc) is 2.55. The highest BCUT2D eigenvalue weighted by atomic mass is 32.2. The molecule has 3 nitrogen and oxygen atoms in total. The van der Waals surface area contributed by atoms with Gasteiger partial charge in [0.05, 0.1) is 0 Å². The summed E-state index contributed by atoms with van der Waals surface area (Å²) in [5.41, 5.74) is 1.56. The van der Waals surface area contributed by atoms with Gasteiger partial charge in [-0.15, -0.1) is 0 Å². The van der Waals surface area contributed by atoms with Gasteiger partial charge in [0.15, 0.2) is 5.78 Å². The summed E-state index contributed by atoms with van der Waals surface area (Å²) in [7, 11) is -2.49. The highest BCUT2D eigenvalue weighted by Gasteiger charge is 1.92. The molecule has 0 heterocycles. The zero-order valence-electron chi connectivity index (χ0n) is 12.5. The minimum Gasteiger partial charge on any atom is -0.289 e. The van der Waals surface area contributed by atoms with Crippen molar-refractivity contribution in [1.82, 2.24) is 0 Å². The smallest absolute Gasteiger partial charge is 0.218 e. The molecule has 2 aromatic carbocycles. The predicted octanol–water partition coefficient (Wildman–Crippen LogP) is 3.56. The number of carbonyl (C=O) groups excluding carboxylic acids is 1. The monoisotopic (exact) mass is 348 g/mol. The maximum Gasteiger partial charge on any atom is 0.218 e. The molecule has 0 aliphatic carbocycles. The Balaban J connectivity index is 0.000000272. The van der Waals surface area contributed by atoms with Crippen LogP contribution in [0.25, 0.3) is 12.2 Å². The van der Waals surface area contributed by atoms with E-state index in [-0.39, 0.29) is 11.6 Å². The zero-order chi connectivity index (χ0) is 17.9. The van der Waals surface area contributed by atoms with E-state index in [2.05, 4.69) is 6.58 Å². The lowest BCUT2D eigenvalue weighted by atomic mass is 10.2. The molecule has 0 bridgehead atoms. The third-order valence-corrected chi connectivity index (χ3v) is 3.05. The molecular formula is C18H14F2O3S. The van der Waals surface area contributed by atoms with E-state index in [9.17, 15) is 22.0 Å². The topological polar surface area (TPSA) is 51.2 Å². The highest BCUT2D eigenvalue weighted by Crippen LogP contribution is 2.04. The van der Waals surface area contributed by atoms with Crippen molar-refractivity contribution in [2.45, 2.75) is 0 Å². The van der Waals surface area contributed by atoms with Gasteiger partial charge in [-0.3, -0.25) is 4.79 Å². The van der Waals surface area contributed by atoms with Gasteiger partial charge < -0.3 is 0 Å². The van der Waals surface area contributed by atoms with Crippen LogP contribution in [0.4, 0.5) is 8.78 Å². The molecule has 2 aromatic rings. The molecular weight excluding hydrogens is 334 g/mol. The fourth-order valence-corrected chi connectivity index (χ4v) is 1.75. The Morgan fingerprint density at radius 1 is 0.875 bits per heavy atom. The first kappa shape index (κ1) is 19.2. The number of halogens is 2. The molecule has 0 aromatic heterocycles. The second-order valence-corrected chi connectivity index (χ2v) is 5.18. The Morgan fingerprint density at radius 2 is 1.33 bits per heavy atom. The molecule has 0 amide bonds. The Bertz CT molecular complexity index is 842. The number of benzene rings is 2.